The number of sulfonamides is 1. The summed E-state index contributed by atoms with van der Waals surface area (Å²) >= 11 is 0. The molecule has 11 heteroatoms. The Bertz CT molecular complexity index is 1400. The van der Waals surface area contributed by atoms with Crippen LogP contribution in [0.25, 0.3) is 11.1 Å². The average Bonchev–Trinajstić information content (AvgIpc) is 2.95. The highest BCUT2D eigenvalue weighted by Crippen LogP contribution is 2.37. The van der Waals surface area contributed by atoms with Crippen LogP contribution < -0.4 is 9.46 Å². The third kappa shape index (κ3) is 6.27. The zero-order valence-electron chi connectivity index (χ0n) is 21.9. The lowest BCUT2D eigenvalue weighted by Gasteiger charge is -2.44. The Balaban J connectivity index is 1.44. The number of benzene rings is 2. The van der Waals surface area contributed by atoms with E-state index < -0.39 is 16.1 Å². The monoisotopic (exact) mass is 551 g/mol. The molecule has 1 spiro atoms. The summed E-state index contributed by atoms with van der Waals surface area (Å²) < 4.78 is 35.4. The van der Waals surface area contributed by atoms with Crippen molar-refractivity contribution in [1.82, 2.24) is 24.5 Å². The predicted octanol–water partition coefficient (Wildman–Crippen LogP) is 2.03. The van der Waals surface area contributed by atoms with Gasteiger partial charge in [0.05, 0.1) is 18.3 Å². The van der Waals surface area contributed by atoms with E-state index in [4.69, 9.17) is 4.74 Å². The van der Waals surface area contributed by atoms with E-state index in [1.54, 1.807) is 23.1 Å². The van der Waals surface area contributed by atoms with E-state index in [-0.39, 0.29) is 35.1 Å². The van der Waals surface area contributed by atoms with Gasteiger partial charge < -0.3 is 19.6 Å². The number of aliphatic hydroxyl groups is 1. The minimum absolute atomic E-state index is 0.0372. The van der Waals surface area contributed by atoms with Crippen LogP contribution in [0.2, 0.25) is 0 Å². The molecule has 2 N–H and O–H groups in total. The maximum Gasteiger partial charge on any atom is 0.256 e. The van der Waals surface area contributed by atoms with Crippen molar-refractivity contribution in [2.24, 2.45) is 5.41 Å². The second-order valence-electron chi connectivity index (χ2n) is 10.4. The molecule has 5 rings (SSSR count). The van der Waals surface area contributed by atoms with Crippen LogP contribution in [0.1, 0.15) is 23.2 Å². The Kier molecular flexibility index (Phi) is 7.94. The van der Waals surface area contributed by atoms with Crippen LogP contribution in [0.5, 0.6) is 5.75 Å². The van der Waals surface area contributed by atoms with Crippen LogP contribution >= 0.6 is 0 Å². The minimum atomic E-state index is -3.93. The zero-order chi connectivity index (χ0) is 27.5. The number of likely N-dealkylation sites (N-methyl/N-ethyl adjacent to an activating group) is 1. The summed E-state index contributed by atoms with van der Waals surface area (Å²) in [6.07, 6.45) is 4.87. The number of carbonyl (C=O) groups excluding carboxylic acids is 1. The molecule has 1 saturated heterocycles. The second-order valence-corrected chi connectivity index (χ2v) is 12.2. The summed E-state index contributed by atoms with van der Waals surface area (Å²) in [7, 11) is -2.02. The Morgan fingerprint density at radius 3 is 2.51 bits per heavy atom. The highest BCUT2D eigenvalue weighted by molar-refractivity contribution is 7.89. The Morgan fingerprint density at radius 2 is 1.79 bits per heavy atom. The molecule has 0 aliphatic carbocycles. The lowest BCUT2D eigenvalue weighted by Crippen LogP contribution is -2.51. The summed E-state index contributed by atoms with van der Waals surface area (Å²) in [6.45, 7) is 2.12. The van der Waals surface area contributed by atoms with Gasteiger partial charge in [-0.2, -0.15) is 0 Å². The van der Waals surface area contributed by atoms with Gasteiger partial charge in [-0.25, -0.2) is 23.1 Å². The standard InChI is InChI=1S/C28H33N5O5S/c1-32-17-24(34)16-31-39(36,37)26-8-7-22(21-5-3-2-4-6-21)13-25(26)38-19-28(18-32)9-11-33(12-10-28)27(35)23-14-29-20-30-15-23/h2-8,13-15,20,24,31,34H,9-12,16-19H2,1H3. The van der Waals surface area contributed by atoms with Crippen molar-refractivity contribution in [2.75, 3.05) is 46.4 Å². The first-order valence-corrected chi connectivity index (χ1v) is 14.5. The fourth-order valence-electron chi connectivity index (χ4n) is 5.35. The number of nitrogens with zero attached hydrogens (tertiary/aromatic N) is 4. The first-order chi connectivity index (χ1) is 18.7. The summed E-state index contributed by atoms with van der Waals surface area (Å²) in [4.78, 5) is 24.7. The smallest absolute Gasteiger partial charge is 0.256 e. The van der Waals surface area contributed by atoms with Gasteiger partial charge in [-0.15, -0.1) is 0 Å². The first kappa shape index (κ1) is 27.2. The summed E-state index contributed by atoms with van der Waals surface area (Å²) in [6, 6.07) is 14.8. The molecule has 39 heavy (non-hydrogen) atoms. The molecule has 0 radical (unpaired) electrons. The number of nitrogens with one attached hydrogen (secondary N) is 1. The number of β-amino-alcohol motifs (C(OH)–C–C–N with tert-alkyl or cyclic N) is 1. The number of amides is 1. The van der Waals surface area contributed by atoms with Crippen LogP contribution in [0.4, 0.5) is 0 Å². The number of hydrogen-bond acceptors (Lipinski definition) is 8. The number of ether oxygens (including phenoxy) is 1. The number of carbonyl (C=O) groups is 1. The van der Waals surface area contributed by atoms with Gasteiger partial charge in [-0.3, -0.25) is 4.79 Å². The lowest BCUT2D eigenvalue weighted by atomic mass is 9.78. The highest BCUT2D eigenvalue weighted by atomic mass is 32.2. The molecule has 206 valence electrons. The van der Waals surface area contributed by atoms with Crippen LogP contribution in [0.15, 0.2) is 72.1 Å². The molecule has 1 unspecified atom stereocenters. The van der Waals surface area contributed by atoms with Crippen LogP contribution in [0, 0.1) is 5.41 Å². The number of likely N-dealkylation sites (tertiary alicyclic amines) is 1. The number of piperidine rings is 1. The van der Waals surface area contributed by atoms with Gasteiger partial charge in [0.15, 0.2) is 0 Å². The number of aromatic nitrogens is 2. The summed E-state index contributed by atoms with van der Waals surface area (Å²) in [5.74, 6) is 0.152. The van der Waals surface area contributed by atoms with E-state index in [1.807, 2.05) is 42.3 Å². The molecule has 0 saturated carbocycles. The quantitative estimate of drug-likeness (QED) is 0.496. The molecule has 1 aromatic heterocycles. The Labute approximate surface area is 228 Å². The van der Waals surface area contributed by atoms with Gasteiger partial charge >= 0.3 is 0 Å². The topological polar surface area (TPSA) is 125 Å². The van der Waals surface area contributed by atoms with Gasteiger partial charge in [-0.1, -0.05) is 36.4 Å². The summed E-state index contributed by atoms with van der Waals surface area (Å²) in [5, 5.41) is 10.6. The molecule has 3 aromatic rings. The van der Waals surface area contributed by atoms with Gasteiger partial charge in [0.25, 0.3) is 5.91 Å². The molecule has 1 amide bonds. The first-order valence-electron chi connectivity index (χ1n) is 13.0. The van der Waals surface area contributed by atoms with Gasteiger partial charge in [0.1, 0.15) is 17.0 Å². The molecule has 3 heterocycles. The predicted molar refractivity (Wildman–Crippen MR) is 146 cm³/mol. The molecule has 2 aliphatic heterocycles. The molecular formula is C28H33N5O5S. The maximum atomic E-state index is 13.2. The molecule has 2 aromatic carbocycles. The van der Waals surface area contributed by atoms with Crippen molar-refractivity contribution in [2.45, 2.75) is 23.8 Å². The molecule has 2 aliphatic rings. The minimum Gasteiger partial charge on any atom is -0.492 e. The second kappa shape index (κ2) is 11.4. The fraction of sp³-hybridized carbons (Fsp3) is 0.393. The third-order valence-corrected chi connectivity index (χ3v) is 8.89. The molecule has 0 bridgehead atoms. The van der Waals surface area contributed by atoms with E-state index in [9.17, 15) is 18.3 Å². The molecular weight excluding hydrogens is 518 g/mol. The van der Waals surface area contributed by atoms with Crippen molar-refractivity contribution in [3.63, 3.8) is 0 Å². The van der Waals surface area contributed by atoms with Gasteiger partial charge in [-0.05, 0) is 43.1 Å². The summed E-state index contributed by atoms with van der Waals surface area (Å²) in [5.41, 5.74) is 1.88. The van der Waals surface area contributed by atoms with E-state index in [1.165, 1.54) is 18.7 Å². The fourth-order valence-corrected chi connectivity index (χ4v) is 6.55. The highest BCUT2D eigenvalue weighted by Gasteiger charge is 2.39. The van der Waals surface area contributed by atoms with Crippen molar-refractivity contribution in [3.8, 4) is 16.9 Å². The Morgan fingerprint density at radius 1 is 1.08 bits per heavy atom. The average molecular weight is 552 g/mol. The van der Waals surface area contributed by atoms with Gasteiger partial charge in [0, 0.05) is 50.5 Å². The van der Waals surface area contributed by atoms with Crippen LogP contribution in [-0.4, -0.2) is 91.7 Å². The van der Waals surface area contributed by atoms with Gasteiger partial charge in [0.2, 0.25) is 10.0 Å². The van der Waals surface area contributed by atoms with Crippen molar-refractivity contribution in [1.29, 1.82) is 0 Å². The third-order valence-electron chi connectivity index (χ3n) is 7.43. The number of hydrogen-bond donors (Lipinski definition) is 2. The number of rotatable bonds is 2. The van der Waals surface area contributed by atoms with E-state index >= 15 is 0 Å². The maximum absolute atomic E-state index is 13.2. The zero-order valence-corrected chi connectivity index (χ0v) is 22.7. The van der Waals surface area contributed by atoms with E-state index in [0.717, 1.165) is 11.1 Å². The van der Waals surface area contributed by atoms with E-state index in [2.05, 4.69) is 14.7 Å². The number of aliphatic hydroxyl groups excluding tert-OH is 1. The Hall–Kier alpha value is -3.38. The van der Waals surface area contributed by atoms with Crippen LogP contribution in [0.3, 0.4) is 0 Å². The SMILES string of the molecule is CN1CC(O)CNS(=O)(=O)c2ccc(-c3ccccc3)cc2OCC2(CCN(C(=O)c3cncnc3)CC2)C1. The molecule has 10 nitrogen and oxygen atoms in total. The van der Waals surface area contributed by atoms with Crippen molar-refractivity contribution in [3.05, 3.63) is 72.8 Å². The largest absolute Gasteiger partial charge is 0.492 e. The van der Waals surface area contributed by atoms with Crippen molar-refractivity contribution < 1.29 is 23.1 Å². The van der Waals surface area contributed by atoms with Crippen LogP contribution in [-0.2, 0) is 10.0 Å². The van der Waals surface area contributed by atoms with E-state index in [0.29, 0.717) is 44.6 Å². The molecule has 1 fully saturated rings. The lowest BCUT2D eigenvalue weighted by molar-refractivity contribution is 0.0159. The number of fused-ring (bicyclic) bond motifs is 1. The van der Waals surface area contributed by atoms with Crippen molar-refractivity contribution >= 4 is 15.9 Å². The molecule has 1 atom stereocenters. The normalized spacial score (nSPS) is 21.7.